The molecule has 0 aliphatic heterocycles. The van der Waals surface area contributed by atoms with E-state index in [0.717, 1.165) is 41.4 Å². The van der Waals surface area contributed by atoms with Crippen molar-refractivity contribution in [3.63, 3.8) is 0 Å². The van der Waals surface area contributed by atoms with Crippen LogP contribution in [0.5, 0.6) is 5.75 Å². The third-order valence-electron chi connectivity index (χ3n) is 7.43. The Hall–Kier alpha value is -5.16. The number of amides is 1. The van der Waals surface area contributed by atoms with E-state index in [2.05, 4.69) is 30.5 Å². The number of pyridine rings is 3. The summed E-state index contributed by atoms with van der Waals surface area (Å²) in [4.78, 5) is 31.4. The lowest BCUT2D eigenvalue weighted by atomic mass is 10.0. The summed E-state index contributed by atoms with van der Waals surface area (Å²) in [6, 6.07) is 14.2. The molecule has 216 valence electrons. The molecular formula is C32H29FN8O2. The molecule has 1 aromatic carbocycles. The SMILES string of the molecule is CN(C)CCOc1cc(F)cc(-c2ccnc3[nH]c(-c4n[nH]c5ccc(-c6cncc(NC(=O)C7CC7)c6)nc45)cc23)c1. The van der Waals surface area contributed by atoms with Gasteiger partial charge in [0.15, 0.2) is 0 Å². The van der Waals surface area contributed by atoms with Crippen molar-refractivity contribution in [2.24, 2.45) is 5.92 Å². The summed E-state index contributed by atoms with van der Waals surface area (Å²) in [6.07, 6.45) is 6.91. The maximum atomic E-state index is 14.6. The van der Waals surface area contributed by atoms with Crippen molar-refractivity contribution in [2.45, 2.75) is 12.8 Å². The molecule has 3 N–H and O–H groups in total. The van der Waals surface area contributed by atoms with Gasteiger partial charge in [0.2, 0.25) is 5.91 Å². The van der Waals surface area contributed by atoms with Crippen molar-refractivity contribution in [1.29, 1.82) is 0 Å². The van der Waals surface area contributed by atoms with E-state index in [1.807, 2.05) is 55.4 Å². The second-order valence-corrected chi connectivity index (χ2v) is 11.0. The number of anilines is 1. The number of hydrogen-bond acceptors (Lipinski definition) is 7. The highest BCUT2D eigenvalue weighted by molar-refractivity contribution is 5.99. The number of ether oxygens (including phenoxy) is 1. The fraction of sp³-hybridized carbons (Fsp3) is 0.219. The number of aromatic nitrogens is 6. The number of aromatic amines is 2. The average Bonchev–Trinajstić information content (AvgIpc) is 3.62. The van der Waals surface area contributed by atoms with Gasteiger partial charge < -0.3 is 19.9 Å². The predicted molar refractivity (Wildman–Crippen MR) is 163 cm³/mol. The average molecular weight is 577 g/mol. The van der Waals surface area contributed by atoms with Crippen molar-refractivity contribution >= 4 is 33.7 Å². The van der Waals surface area contributed by atoms with Gasteiger partial charge in [0, 0.05) is 41.9 Å². The Bertz CT molecular complexity index is 1980. The van der Waals surface area contributed by atoms with Gasteiger partial charge in [-0.05, 0) is 80.5 Å². The first kappa shape index (κ1) is 26.7. The second kappa shape index (κ2) is 10.9. The van der Waals surface area contributed by atoms with Gasteiger partial charge in [-0.3, -0.25) is 14.9 Å². The van der Waals surface area contributed by atoms with Crippen LogP contribution in [0, 0.1) is 11.7 Å². The van der Waals surface area contributed by atoms with E-state index in [0.29, 0.717) is 51.9 Å². The van der Waals surface area contributed by atoms with Crippen LogP contribution >= 0.6 is 0 Å². The van der Waals surface area contributed by atoms with Gasteiger partial charge in [0.25, 0.3) is 0 Å². The van der Waals surface area contributed by atoms with E-state index in [1.54, 1.807) is 18.6 Å². The van der Waals surface area contributed by atoms with Gasteiger partial charge in [-0.1, -0.05) is 0 Å². The predicted octanol–water partition coefficient (Wildman–Crippen LogP) is 5.66. The molecule has 10 nitrogen and oxygen atoms in total. The highest BCUT2D eigenvalue weighted by Crippen LogP contribution is 2.35. The number of hydrogen-bond donors (Lipinski definition) is 3. The molecule has 0 atom stereocenters. The minimum atomic E-state index is -0.376. The number of nitrogens with zero attached hydrogens (tertiary/aromatic N) is 5. The third-order valence-corrected chi connectivity index (χ3v) is 7.43. The first-order valence-electron chi connectivity index (χ1n) is 14.1. The van der Waals surface area contributed by atoms with Crippen molar-refractivity contribution in [1.82, 2.24) is 35.0 Å². The Morgan fingerprint density at radius 2 is 1.98 bits per heavy atom. The summed E-state index contributed by atoms with van der Waals surface area (Å²) in [5, 5.41) is 11.4. The minimum absolute atomic E-state index is 0.0255. The zero-order chi connectivity index (χ0) is 29.5. The van der Waals surface area contributed by atoms with Gasteiger partial charge >= 0.3 is 0 Å². The lowest BCUT2D eigenvalue weighted by Gasteiger charge is -2.12. The fourth-order valence-electron chi connectivity index (χ4n) is 5.04. The topological polar surface area (TPSA) is 125 Å². The summed E-state index contributed by atoms with van der Waals surface area (Å²) in [5.41, 5.74) is 7.03. The Morgan fingerprint density at radius 1 is 1.09 bits per heavy atom. The van der Waals surface area contributed by atoms with Gasteiger partial charge in [-0.25, -0.2) is 14.4 Å². The molecule has 0 spiro atoms. The van der Waals surface area contributed by atoms with Gasteiger partial charge in [-0.15, -0.1) is 0 Å². The van der Waals surface area contributed by atoms with Crippen LogP contribution in [0.15, 0.2) is 67.1 Å². The molecule has 1 amide bonds. The van der Waals surface area contributed by atoms with Crippen LogP contribution in [0.25, 0.3) is 55.8 Å². The Labute approximate surface area is 246 Å². The van der Waals surface area contributed by atoms with E-state index in [-0.39, 0.29) is 17.6 Å². The number of rotatable bonds is 9. The van der Waals surface area contributed by atoms with Crippen LogP contribution < -0.4 is 10.1 Å². The van der Waals surface area contributed by atoms with Crippen molar-refractivity contribution in [3.05, 3.63) is 72.9 Å². The van der Waals surface area contributed by atoms with Crippen LogP contribution in [0.4, 0.5) is 10.1 Å². The molecule has 5 aromatic heterocycles. The number of carbonyl (C=O) groups is 1. The zero-order valence-corrected chi connectivity index (χ0v) is 23.7. The van der Waals surface area contributed by atoms with Crippen LogP contribution in [0.2, 0.25) is 0 Å². The standard InChI is InChI=1S/C32H29FN8O2/c1-41(2)9-10-43-23-13-19(11-21(33)14-23)24-7-8-35-31-25(24)15-28(38-31)30-29-27(39-40-30)6-5-26(37-29)20-12-22(17-34-16-20)36-32(42)18-3-4-18/h5-8,11-18H,3-4,9-10H2,1-2H3,(H,35,38)(H,36,42)(H,39,40). The Balaban J connectivity index is 1.23. The van der Waals surface area contributed by atoms with E-state index in [4.69, 9.17) is 9.72 Å². The zero-order valence-electron chi connectivity index (χ0n) is 23.7. The van der Waals surface area contributed by atoms with Gasteiger partial charge in [-0.2, -0.15) is 5.10 Å². The maximum absolute atomic E-state index is 14.6. The summed E-state index contributed by atoms with van der Waals surface area (Å²) < 4.78 is 20.5. The molecule has 0 radical (unpaired) electrons. The maximum Gasteiger partial charge on any atom is 0.227 e. The molecule has 7 rings (SSSR count). The molecule has 0 saturated heterocycles. The molecule has 6 aromatic rings. The van der Waals surface area contributed by atoms with Gasteiger partial charge in [0.1, 0.15) is 35.0 Å². The molecule has 0 unspecified atom stereocenters. The summed E-state index contributed by atoms with van der Waals surface area (Å²) >= 11 is 0. The second-order valence-electron chi connectivity index (χ2n) is 11.0. The molecule has 5 heterocycles. The fourth-order valence-corrected chi connectivity index (χ4v) is 5.04. The number of benzene rings is 1. The van der Waals surface area contributed by atoms with E-state index in [1.165, 1.54) is 12.1 Å². The summed E-state index contributed by atoms with van der Waals surface area (Å²) in [6.45, 7) is 1.17. The van der Waals surface area contributed by atoms with E-state index in [9.17, 15) is 9.18 Å². The molecule has 1 saturated carbocycles. The van der Waals surface area contributed by atoms with E-state index < -0.39 is 0 Å². The Morgan fingerprint density at radius 3 is 2.81 bits per heavy atom. The molecule has 11 heteroatoms. The number of carbonyl (C=O) groups excluding carboxylic acids is 1. The first-order chi connectivity index (χ1) is 20.9. The Kier molecular flexibility index (Phi) is 6.78. The third kappa shape index (κ3) is 5.54. The molecule has 1 fully saturated rings. The number of likely N-dealkylation sites (N-methyl/N-ethyl adjacent to an activating group) is 1. The lowest BCUT2D eigenvalue weighted by molar-refractivity contribution is -0.117. The van der Waals surface area contributed by atoms with Crippen LogP contribution in [0.1, 0.15) is 12.8 Å². The molecule has 1 aliphatic rings. The molecule has 43 heavy (non-hydrogen) atoms. The highest BCUT2D eigenvalue weighted by atomic mass is 19.1. The lowest BCUT2D eigenvalue weighted by Crippen LogP contribution is -2.19. The van der Waals surface area contributed by atoms with Crippen molar-refractivity contribution in [2.75, 3.05) is 32.6 Å². The monoisotopic (exact) mass is 576 g/mol. The quantitative estimate of drug-likeness (QED) is 0.203. The minimum Gasteiger partial charge on any atom is -0.492 e. The summed E-state index contributed by atoms with van der Waals surface area (Å²) in [5.74, 6) is 0.219. The van der Waals surface area contributed by atoms with Crippen LogP contribution in [-0.2, 0) is 4.79 Å². The number of fused-ring (bicyclic) bond motifs is 2. The number of H-pyrrole nitrogens is 2. The van der Waals surface area contributed by atoms with Crippen molar-refractivity contribution < 1.29 is 13.9 Å². The van der Waals surface area contributed by atoms with Crippen LogP contribution in [0.3, 0.4) is 0 Å². The van der Waals surface area contributed by atoms with Crippen LogP contribution in [-0.4, -0.2) is 68.2 Å². The molecule has 1 aliphatic carbocycles. The molecule has 0 bridgehead atoms. The smallest absolute Gasteiger partial charge is 0.227 e. The number of halogens is 1. The van der Waals surface area contributed by atoms with Crippen molar-refractivity contribution in [3.8, 4) is 39.5 Å². The highest BCUT2D eigenvalue weighted by Gasteiger charge is 2.29. The van der Waals surface area contributed by atoms with Gasteiger partial charge in [0.05, 0.1) is 28.8 Å². The first-order valence-corrected chi connectivity index (χ1v) is 14.1. The largest absolute Gasteiger partial charge is 0.492 e. The number of nitrogens with one attached hydrogen (secondary N) is 3. The summed E-state index contributed by atoms with van der Waals surface area (Å²) in [7, 11) is 3.92. The normalized spacial score (nSPS) is 13.2. The van der Waals surface area contributed by atoms with E-state index >= 15 is 0 Å². The molecular weight excluding hydrogens is 547 g/mol.